The van der Waals surface area contributed by atoms with Crippen molar-refractivity contribution in [3.63, 3.8) is 0 Å². The summed E-state index contributed by atoms with van der Waals surface area (Å²) < 4.78 is 5.73. The van der Waals surface area contributed by atoms with Crippen molar-refractivity contribution < 1.29 is 23.9 Å². The Balaban J connectivity index is 1.05. The van der Waals surface area contributed by atoms with Crippen LogP contribution in [0.3, 0.4) is 0 Å². The van der Waals surface area contributed by atoms with Crippen LogP contribution in [0.15, 0.2) is 91.0 Å². The summed E-state index contributed by atoms with van der Waals surface area (Å²) in [6.45, 7) is 2.05. The maximum Gasteiger partial charge on any atom is 0.316 e. The minimum absolute atomic E-state index is 0.0143. The summed E-state index contributed by atoms with van der Waals surface area (Å²) in [6, 6.07) is 28.1. The molecule has 4 aromatic carbocycles. The van der Waals surface area contributed by atoms with Gasteiger partial charge in [-0.2, -0.15) is 0 Å². The van der Waals surface area contributed by atoms with E-state index >= 15 is 0 Å². The number of anilines is 2. The van der Waals surface area contributed by atoms with E-state index in [1.165, 1.54) is 4.90 Å². The van der Waals surface area contributed by atoms with E-state index in [1.54, 1.807) is 41.3 Å². The summed E-state index contributed by atoms with van der Waals surface area (Å²) in [5, 5.41) is 0.546. The zero-order chi connectivity index (χ0) is 30.3. The molecular weight excluding hydrogens is 576 g/mol. The molecule has 2 bridgehead atoms. The Hall–Kier alpha value is -4.75. The van der Waals surface area contributed by atoms with E-state index < -0.39 is 23.7 Å². The fourth-order valence-corrected chi connectivity index (χ4v) is 7.86. The minimum atomic E-state index is -0.670. The number of imide groups is 1. The van der Waals surface area contributed by atoms with Crippen molar-refractivity contribution in [1.29, 1.82) is 0 Å². The fraction of sp³-hybridized carbons (Fsp3) is 0.222. The van der Waals surface area contributed by atoms with Gasteiger partial charge < -0.3 is 9.64 Å². The van der Waals surface area contributed by atoms with Crippen molar-refractivity contribution in [1.82, 2.24) is 0 Å². The van der Waals surface area contributed by atoms with Gasteiger partial charge in [0.15, 0.2) is 0 Å². The van der Waals surface area contributed by atoms with Gasteiger partial charge >= 0.3 is 5.97 Å². The molecule has 0 saturated carbocycles. The summed E-state index contributed by atoms with van der Waals surface area (Å²) in [6.07, 6.45) is 0.0143. The smallest absolute Gasteiger partial charge is 0.316 e. The van der Waals surface area contributed by atoms with Crippen molar-refractivity contribution in [3.8, 4) is 5.75 Å². The van der Waals surface area contributed by atoms with Gasteiger partial charge in [-0.25, -0.2) is 4.90 Å². The van der Waals surface area contributed by atoms with Gasteiger partial charge in [-0.1, -0.05) is 72.3 Å². The molecule has 5 aliphatic rings. The summed E-state index contributed by atoms with van der Waals surface area (Å²) in [4.78, 5) is 57.0. The molecule has 0 unspecified atom stereocenters. The van der Waals surface area contributed by atoms with E-state index in [9.17, 15) is 19.2 Å². The van der Waals surface area contributed by atoms with Crippen molar-refractivity contribution in [2.24, 2.45) is 17.8 Å². The summed E-state index contributed by atoms with van der Waals surface area (Å²) in [5.74, 6) is -3.09. The number of hydrogen-bond acceptors (Lipinski definition) is 5. The Morgan fingerprint density at radius 3 is 1.91 bits per heavy atom. The molecule has 2 saturated heterocycles. The van der Waals surface area contributed by atoms with Crippen molar-refractivity contribution in [3.05, 3.63) is 124 Å². The van der Waals surface area contributed by atoms with Gasteiger partial charge in [0, 0.05) is 41.6 Å². The lowest BCUT2D eigenvalue weighted by molar-refractivity contribution is -0.139. The molecule has 3 amide bonds. The second-order valence-electron chi connectivity index (χ2n) is 12.0. The Morgan fingerprint density at radius 2 is 1.34 bits per heavy atom. The van der Waals surface area contributed by atoms with Gasteiger partial charge in [0.2, 0.25) is 17.7 Å². The normalized spacial score (nSPS) is 24.8. The molecule has 0 radical (unpaired) electrons. The van der Waals surface area contributed by atoms with Crippen LogP contribution in [0.1, 0.15) is 46.1 Å². The van der Waals surface area contributed by atoms with E-state index in [2.05, 4.69) is 24.3 Å². The highest BCUT2D eigenvalue weighted by Gasteiger charge is 2.61. The van der Waals surface area contributed by atoms with Gasteiger partial charge in [0.1, 0.15) is 5.75 Å². The molecule has 0 aromatic heterocycles. The molecule has 2 heterocycles. The number of carbonyl (C=O) groups is 4. The van der Waals surface area contributed by atoms with Gasteiger partial charge in [-0.3, -0.25) is 19.2 Å². The minimum Gasteiger partial charge on any atom is -0.426 e. The molecule has 3 atom stereocenters. The zero-order valence-electron chi connectivity index (χ0n) is 23.8. The predicted molar refractivity (Wildman–Crippen MR) is 165 cm³/mol. The number of nitrogens with zero attached hydrogens (tertiary/aromatic N) is 2. The Bertz CT molecular complexity index is 1800. The van der Waals surface area contributed by atoms with Crippen LogP contribution in [-0.4, -0.2) is 30.2 Å². The summed E-state index contributed by atoms with van der Waals surface area (Å²) in [7, 11) is 0. The number of ether oxygens (including phenoxy) is 1. The number of aryl methyl sites for hydroxylation is 1. The van der Waals surface area contributed by atoms with E-state index in [4.69, 9.17) is 16.3 Å². The Labute approximate surface area is 259 Å². The molecule has 3 aliphatic carbocycles. The lowest BCUT2D eigenvalue weighted by Gasteiger charge is -2.45. The Kier molecular flexibility index (Phi) is 6.04. The summed E-state index contributed by atoms with van der Waals surface area (Å²) in [5.41, 5.74) is 6.33. The third-order valence-corrected chi connectivity index (χ3v) is 10.1. The van der Waals surface area contributed by atoms with Crippen LogP contribution in [0.25, 0.3) is 0 Å². The van der Waals surface area contributed by atoms with E-state index in [1.807, 2.05) is 37.3 Å². The number of carbonyl (C=O) groups excluding carboxylic acids is 4. The molecule has 9 rings (SSSR count). The van der Waals surface area contributed by atoms with Crippen molar-refractivity contribution in [2.75, 3.05) is 16.3 Å². The van der Waals surface area contributed by atoms with Crippen molar-refractivity contribution in [2.45, 2.75) is 25.2 Å². The molecule has 4 aromatic rings. The first kappa shape index (κ1) is 26.8. The first-order chi connectivity index (χ1) is 21.3. The highest BCUT2D eigenvalue weighted by Crippen LogP contribution is 2.61. The zero-order valence-corrected chi connectivity index (χ0v) is 24.5. The number of esters is 1. The maximum atomic E-state index is 14.1. The van der Waals surface area contributed by atoms with Crippen LogP contribution < -0.4 is 14.5 Å². The molecule has 218 valence electrons. The molecule has 2 fully saturated rings. The van der Waals surface area contributed by atoms with Crippen LogP contribution in [0.2, 0.25) is 5.02 Å². The topological polar surface area (TPSA) is 84.0 Å². The molecular formula is C36H27ClN2O5. The van der Waals surface area contributed by atoms with Gasteiger partial charge in [0.25, 0.3) is 0 Å². The van der Waals surface area contributed by atoms with E-state index in [0.717, 1.165) is 27.8 Å². The largest absolute Gasteiger partial charge is 0.426 e. The number of benzene rings is 4. The fourth-order valence-electron chi connectivity index (χ4n) is 7.68. The average Bonchev–Trinajstić information content (AvgIpc) is 3.55. The number of amides is 3. The second-order valence-corrected chi connectivity index (χ2v) is 12.4. The van der Waals surface area contributed by atoms with E-state index in [-0.39, 0.29) is 48.3 Å². The Morgan fingerprint density at radius 1 is 0.750 bits per heavy atom. The molecule has 2 aliphatic heterocycles. The van der Waals surface area contributed by atoms with Crippen LogP contribution in [0, 0.1) is 24.7 Å². The highest BCUT2D eigenvalue weighted by molar-refractivity contribution is 6.31. The third kappa shape index (κ3) is 3.88. The van der Waals surface area contributed by atoms with Crippen LogP contribution >= 0.6 is 11.6 Å². The highest BCUT2D eigenvalue weighted by atomic mass is 35.5. The molecule has 0 N–H and O–H groups in total. The molecule has 7 nitrogen and oxygen atoms in total. The van der Waals surface area contributed by atoms with Crippen molar-refractivity contribution >= 4 is 46.7 Å². The maximum absolute atomic E-state index is 14.1. The molecule has 8 heteroatoms. The molecule has 44 heavy (non-hydrogen) atoms. The predicted octanol–water partition coefficient (Wildman–Crippen LogP) is 6.00. The third-order valence-electron chi connectivity index (χ3n) is 9.67. The first-order valence-electron chi connectivity index (χ1n) is 14.8. The lowest BCUT2D eigenvalue weighted by Crippen LogP contribution is -2.41. The van der Waals surface area contributed by atoms with Crippen LogP contribution in [0.5, 0.6) is 5.75 Å². The van der Waals surface area contributed by atoms with Crippen LogP contribution in [-0.2, 0) is 19.2 Å². The SMILES string of the molecule is Cc1ccc(N2C[C@@H](C(=O)Oc3cccc(N4C(=O)[C@@H]5C6c7ccccc7C(c7ccccc76)[C@@H]5C4=O)c3)CC2=O)cc1Cl. The first-order valence-corrected chi connectivity index (χ1v) is 15.1. The standard InChI is InChI=1S/C36H27ClN2O5/c1-19-13-14-21(17-28(19)37)38-18-20(15-29(38)40)36(43)44-23-8-6-7-22(16-23)39-34(41)32-30-24-9-2-3-10-25(24)31(33(32)35(39)42)27-12-5-4-11-26(27)30/h2-14,16-17,20,30-33H,15,18H2,1H3/t20-,30?,31?,32-,33+/m0/s1. The van der Waals surface area contributed by atoms with Gasteiger partial charge in [0.05, 0.1) is 23.4 Å². The van der Waals surface area contributed by atoms with Gasteiger partial charge in [-0.15, -0.1) is 0 Å². The van der Waals surface area contributed by atoms with Gasteiger partial charge in [-0.05, 0) is 59.0 Å². The van der Waals surface area contributed by atoms with E-state index in [0.29, 0.717) is 16.4 Å². The second kappa shape index (κ2) is 9.89. The number of rotatable bonds is 4. The lowest BCUT2D eigenvalue weighted by atomic mass is 9.55. The average molecular weight is 603 g/mol. The number of hydrogen-bond donors (Lipinski definition) is 0. The monoisotopic (exact) mass is 602 g/mol. The van der Waals surface area contributed by atoms with Crippen LogP contribution in [0.4, 0.5) is 11.4 Å². The summed E-state index contributed by atoms with van der Waals surface area (Å²) >= 11 is 6.26. The number of halogens is 1. The molecule has 0 spiro atoms. The quantitative estimate of drug-likeness (QED) is 0.162.